The predicted molar refractivity (Wildman–Crippen MR) is 75.0 cm³/mol. The van der Waals surface area contributed by atoms with E-state index < -0.39 is 0 Å². The van der Waals surface area contributed by atoms with Crippen LogP contribution in [0.15, 0.2) is 42.5 Å². The zero-order chi connectivity index (χ0) is 12.7. The van der Waals surface area contributed by atoms with Crippen LogP contribution in [-0.2, 0) is 6.42 Å². The summed E-state index contributed by atoms with van der Waals surface area (Å²) in [5, 5.41) is 1.13. The van der Waals surface area contributed by atoms with E-state index in [-0.39, 0.29) is 0 Å². The van der Waals surface area contributed by atoms with E-state index in [0.717, 1.165) is 28.4 Å². The highest BCUT2D eigenvalue weighted by Gasteiger charge is 2.14. The normalized spacial score (nSPS) is 13.1. The highest BCUT2D eigenvalue weighted by atomic mass is 32.1. The van der Waals surface area contributed by atoms with E-state index in [2.05, 4.69) is 23.2 Å². The Morgan fingerprint density at radius 1 is 1.05 bits per heavy atom. The van der Waals surface area contributed by atoms with Crippen LogP contribution in [0.3, 0.4) is 0 Å². The number of nitrogens with zero attached hydrogens (tertiary/aromatic N) is 1. The lowest BCUT2D eigenvalue weighted by Crippen LogP contribution is -1.93. The third-order valence-electron chi connectivity index (χ3n) is 3.13. The maximum atomic E-state index is 5.40. The van der Waals surface area contributed by atoms with Gasteiger partial charge in [-0.05, 0) is 29.8 Å². The molecule has 4 heteroatoms. The molecule has 0 atom stereocenters. The van der Waals surface area contributed by atoms with Gasteiger partial charge in [0.15, 0.2) is 11.5 Å². The van der Waals surface area contributed by atoms with Gasteiger partial charge in [0, 0.05) is 6.42 Å². The Morgan fingerprint density at radius 2 is 1.95 bits per heavy atom. The van der Waals surface area contributed by atoms with E-state index in [1.165, 1.54) is 10.3 Å². The molecule has 4 rings (SSSR count). The fourth-order valence-electron chi connectivity index (χ4n) is 2.22. The van der Waals surface area contributed by atoms with Crippen molar-refractivity contribution in [2.45, 2.75) is 6.42 Å². The number of rotatable bonds is 2. The van der Waals surface area contributed by atoms with E-state index in [1.54, 1.807) is 11.3 Å². The van der Waals surface area contributed by atoms with Crippen LogP contribution in [0.25, 0.3) is 10.2 Å². The topological polar surface area (TPSA) is 31.4 Å². The number of hydrogen-bond acceptors (Lipinski definition) is 4. The van der Waals surface area contributed by atoms with Gasteiger partial charge < -0.3 is 9.47 Å². The van der Waals surface area contributed by atoms with Gasteiger partial charge in [0.1, 0.15) is 0 Å². The molecule has 1 aromatic heterocycles. The maximum absolute atomic E-state index is 5.40. The van der Waals surface area contributed by atoms with Crippen molar-refractivity contribution in [3.8, 4) is 11.5 Å². The van der Waals surface area contributed by atoms with Gasteiger partial charge in [-0.15, -0.1) is 11.3 Å². The van der Waals surface area contributed by atoms with Gasteiger partial charge in [0.05, 0.1) is 15.2 Å². The Labute approximate surface area is 114 Å². The molecule has 3 nitrogen and oxygen atoms in total. The van der Waals surface area contributed by atoms with Crippen LogP contribution in [0.2, 0.25) is 0 Å². The largest absolute Gasteiger partial charge is 0.454 e. The third-order valence-corrected chi connectivity index (χ3v) is 4.17. The lowest BCUT2D eigenvalue weighted by Gasteiger charge is -2.00. The Morgan fingerprint density at radius 3 is 2.89 bits per heavy atom. The molecule has 0 aliphatic carbocycles. The van der Waals surface area contributed by atoms with Crippen molar-refractivity contribution in [2.24, 2.45) is 0 Å². The van der Waals surface area contributed by atoms with E-state index in [4.69, 9.17) is 9.47 Å². The van der Waals surface area contributed by atoms with Gasteiger partial charge in [0.25, 0.3) is 0 Å². The van der Waals surface area contributed by atoms with Crippen LogP contribution in [0.1, 0.15) is 10.6 Å². The van der Waals surface area contributed by atoms with Crippen LogP contribution in [-0.4, -0.2) is 11.8 Å². The standard InChI is InChI=1S/C15H11NO2S/c1-2-4-14-11(3-1)16-15(19-14)8-10-5-6-12-13(7-10)18-9-17-12/h1-7H,8-9H2. The van der Waals surface area contributed by atoms with Crippen molar-refractivity contribution in [1.29, 1.82) is 0 Å². The number of hydrogen-bond donors (Lipinski definition) is 0. The average Bonchev–Trinajstić information content (AvgIpc) is 3.03. The minimum atomic E-state index is 0.319. The summed E-state index contributed by atoms with van der Waals surface area (Å²) in [4.78, 5) is 4.65. The Bertz CT molecular complexity index is 718. The van der Waals surface area contributed by atoms with Crippen LogP contribution < -0.4 is 9.47 Å². The molecule has 0 N–H and O–H groups in total. The molecular formula is C15H11NO2S. The highest BCUT2D eigenvalue weighted by Crippen LogP contribution is 2.33. The molecule has 0 spiro atoms. The second-order valence-corrected chi connectivity index (χ2v) is 5.55. The quantitative estimate of drug-likeness (QED) is 0.712. The summed E-state index contributed by atoms with van der Waals surface area (Å²) in [5.74, 6) is 1.66. The second kappa shape index (κ2) is 4.24. The average molecular weight is 269 g/mol. The molecule has 0 amide bonds. The van der Waals surface area contributed by atoms with Crippen LogP contribution in [0, 0.1) is 0 Å². The van der Waals surface area contributed by atoms with E-state index in [0.29, 0.717) is 6.79 Å². The summed E-state index contributed by atoms with van der Waals surface area (Å²) in [6.45, 7) is 0.319. The highest BCUT2D eigenvalue weighted by molar-refractivity contribution is 7.18. The SMILES string of the molecule is c1ccc2sc(Cc3ccc4c(c3)OCO4)nc2c1. The van der Waals surface area contributed by atoms with Crippen LogP contribution in [0.4, 0.5) is 0 Å². The smallest absolute Gasteiger partial charge is 0.231 e. The molecule has 94 valence electrons. The van der Waals surface area contributed by atoms with Gasteiger partial charge in [-0.2, -0.15) is 0 Å². The van der Waals surface area contributed by atoms with Crippen molar-refractivity contribution in [3.63, 3.8) is 0 Å². The Balaban J connectivity index is 1.67. The predicted octanol–water partition coefficient (Wildman–Crippen LogP) is 3.62. The van der Waals surface area contributed by atoms with Gasteiger partial charge in [0.2, 0.25) is 6.79 Å². The lowest BCUT2D eigenvalue weighted by molar-refractivity contribution is 0.174. The number of ether oxygens (including phenoxy) is 2. The monoisotopic (exact) mass is 269 g/mol. The molecule has 2 heterocycles. The first kappa shape index (κ1) is 10.8. The fourth-order valence-corrected chi connectivity index (χ4v) is 3.22. The molecule has 2 aromatic carbocycles. The zero-order valence-electron chi connectivity index (χ0n) is 10.1. The van der Waals surface area contributed by atoms with Crippen molar-refractivity contribution in [2.75, 3.05) is 6.79 Å². The molecule has 0 radical (unpaired) electrons. The van der Waals surface area contributed by atoms with Gasteiger partial charge >= 0.3 is 0 Å². The molecular weight excluding hydrogens is 258 g/mol. The minimum Gasteiger partial charge on any atom is -0.454 e. The number of aromatic nitrogens is 1. The van der Waals surface area contributed by atoms with Crippen molar-refractivity contribution in [3.05, 3.63) is 53.0 Å². The fraction of sp³-hybridized carbons (Fsp3) is 0.133. The van der Waals surface area contributed by atoms with E-state index in [1.807, 2.05) is 24.3 Å². The molecule has 0 bridgehead atoms. The van der Waals surface area contributed by atoms with Crippen molar-refractivity contribution < 1.29 is 9.47 Å². The summed E-state index contributed by atoms with van der Waals surface area (Å²) in [6, 6.07) is 14.3. The molecule has 19 heavy (non-hydrogen) atoms. The summed E-state index contributed by atoms with van der Waals surface area (Å²) < 4.78 is 11.9. The van der Waals surface area contributed by atoms with Gasteiger partial charge in [-0.1, -0.05) is 18.2 Å². The Hall–Kier alpha value is -2.07. The first-order valence-electron chi connectivity index (χ1n) is 6.11. The van der Waals surface area contributed by atoms with Crippen molar-refractivity contribution >= 4 is 21.6 Å². The van der Waals surface area contributed by atoms with Crippen LogP contribution >= 0.6 is 11.3 Å². The summed E-state index contributed by atoms with van der Waals surface area (Å²) in [7, 11) is 0. The molecule has 0 saturated carbocycles. The molecule has 3 aromatic rings. The molecule has 0 fully saturated rings. The second-order valence-electron chi connectivity index (χ2n) is 4.44. The third kappa shape index (κ3) is 1.94. The molecule has 0 unspecified atom stereocenters. The number of thiazole rings is 1. The van der Waals surface area contributed by atoms with Crippen molar-refractivity contribution in [1.82, 2.24) is 4.98 Å². The summed E-state index contributed by atoms with van der Waals surface area (Å²) >= 11 is 1.74. The first-order valence-corrected chi connectivity index (χ1v) is 6.93. The summed E-state index contributed by atoms with van der Waals surface area (Å²) in [6.07, 6.45) is 0.829. The number of para-hydroxylation sites is 1. The minimum absolute atomic E-state index is 0.319. The molecule has 0 saturated heterocycles. The number of fused-ring (bicyclic) bond motifs is 2. The Kier molecular flexibility index (Phi) is 2.42. The molecule has 1 aliphatic heterocycles. The molecule has 1 aliphatic rings. The van der Waals surface area contributed by atoms with Gasteiger partial charge in [-0.3, -0.25) is 0 Å². The van der Waals surface area contributed by atoms with E-state index >= 15 is 0 Å². The van der Waals surface area contributed by atoms with E-state index in [9.17, 15) is 0 Å². The summed E-state index contributed by atoms with van der Waals surface area (Å²) in [5.41, 5.74) is 2.27. The zero-order valence-corrected chi connectivity index (χ0v) is 10.9. The first-order chi connectivity index (χ1) is 9.38. The van der Waals surface area contributed by atoms with Gasteiger partial charge in [-0.25, -0.2) is 4.98 Å². The number of benzene rings is 2. The maximum Gasteiger partial charge on any atom is 0.231 e. The lowest BCUT2D eigenvalue weighted by atomic mass is 10.1. The van der Waals surface area contributed by atoms with Crippen LogP contribution in [0.5, 0.6) is 11.5 Å².